The number of alkyl halides is 3. The topological polar surface area (TPSA) is 79.0 Å². The highest BCUT2D eigenvalue weighted by Gasteiger charge is 2.32. The zero-order valence-corrected chi connectivity index (χ0v) is 18.0. The van der Waals surface area contributed by atoms with Crippen LogP contribution in [0.2, 0.25) is 5.02 Å². The molecule has 174 valence electrons. The van der Waals surface area contributed by atoms with Crippen molar-refractivity contribution in [1.82, 2.24) is 9.21 Å². The third kappa shape index (κ3) is 6.09. The van der Waals surface area contributed by atoms with Crippen LogP contribution in [-0.4, -0.2) is 62.6 Å². The predicted molar refractivity (Wildman–Crippen MR) is 108 cm³/mol. The molecule has 0 aromatic heterocycles. The zero-order valence-electron chi connectivity index (χ0n) is 16.4. The molecule has 1 amide bonds. The molecule has 0 bridgehead atoms. The van der Waals surface area contributed by atoms with Gasteiger partial charge in [-0.15, -0.1) is 13.2 Å². The number of carbonyl (C=O) groups is 1. The molecule has 0 saturated carbocycles. The van der Waals surface area contributed by atoms with Gasteiger partial charge >= 0.3 is 6.36 Å². The first-order valence-electron chi connectivity index (χ1n) is 9.28. The van der Waals surface area contributed by atoms with Crippen molar-refractivity contribution in [2.24, 2.45) is 0 Å². The van der Waals surface area contributed by atoms with Gasteiger partial charge < -0.3 is 10.1 Å². The van der Waals surface area contributed by atoms with Crippen molar-refractivity contribution in [2.45, 2.75) is 11.3 Å². The fraction of sp³-hybridized carbons (Fsp3) is 0.316. The maximum absolute atomic E-state index is 14.1. The van der Waals surface area contributed by atoms with Gasteiger partial charge in [0.1, 0.15) is 10.6 Å². The molecule has 0 unspecified atom stereocenters. The Hall–Kier alpha value is -2.41. The van der Waals surface area contributed by atoms with E-state index >= 15 is 0 Å². The smallest absolute Gasteiger partial charge is 0.406 e. The van der Waals surface area contributed by atoms with Crippen molar-refractivity contribution in [3.05, 3.63) is 53.3 Å². The van der Waals surface area contributed by atoms with Crippen molar-refractivity contribution in [3.63, 3.8) is 0 Å². The van der Waals surface area contributed by atoms with E-state index in [2.05, 4.69) is 10.1 Å². The first-order chi connectivity index (χ1) is 15.0. The third-order valence-corrected chi connectivity index (χ3v) is 6.81. The highest BCUT2D eigenvalue weighted by atomic mass is 35.5. The van der Waals surface area contributed by atoms with Crippen LogP contribution in [0.5, 0.6) is 5.75 Å². The van der Waals surface area contributed by atoms with Crippen molar-refractivity contribution in [3.8, 4) is 5.75 Å². The molecule has 0 spiro atoms. The number of nitrogens with zero attached hydrogens (tertiary/aromatic N) is 2. The first-order valence-corrected chi connectivity index (χ1v) is 11.1. The molecule has 2 aromatic carbocycles. The molecule has 13 heteroatoms. The average molecular weight is 496 g/mol. The van der Waals surface area contributed by atoms with E-state index in [9.17, 15) is 30.8 Å². The fourth-order valence-corrected chi connectivity index (χ4v) is 4.83. The number of carbonyl (C=O) groups excluding carboxylic acids is 1. The molecule has 0 radical (unpaired) electrons. The van der Waals surface area contributed by atoms with Gasteiger partial charge in [0, 0.05) is 31.9 Å². The van der Waals surface area contributed by atoms with E-state index < -0.39 is 38.8 Å². The lowest BCUT2D eigenvalue weighted by atomic mass is 10.3. The summed E-state index contributed by atoms with van der Waals surface area (Å²) >= 11 is 5.68. The fourth-order valence-electron chi connectivity index (χ4n) is 3.09. The number of sulfonamides is 1. The SMILES string of the molecule is O=C(CN1CCN(S(=O)(=O)c2cccc(Cl)c2F)CC1)Nc1ccc(OC(F)(F)F)cc1. The van der Waals surface area contributed by atoms with E-state index in [1.807, 2.05) is 0 Å². The molecule has 7 nitrogen and oxygen atoms in total. The van der Waals surface area contributed by atoms with Crippen LogP contribution >= 0.6 is 11.6 Å². The summed E-state index contributed by atoms with van der Waals surface area (Å²) in [5.41, 5.74) is 0.280. The Morgan fingerprint density at radius 2 is 1.69 bits per heavy atom. The largest absolute Gasteiger partial charge is 0.573 e. The Morgan fingerprint density at radius 1 is 1.06 bits per heavy atom. The van der Waals surface area contributed by atoms with Crippen molar-refractivity contribution >= 4 is 33.2 Å². The van der Waals surface area contributed by atoms with Gasteiger partial charge in [-0.3, -0.25) is 9.69 Å². The first kappa shape index (κ1) is 24.2. The highest BCUT2D eigenvalue weighted by Crippen LogP contribution is 2.26. The van der Waals surface area contributed by atoms with Gasteiger partial charge in [-0.2, -0.15) is 4.31 Å². The number of amides is 1. The number of piperazine rings is 1. The maximum atomic E-state index is 14.1. The number of nitrogens with one attached hydrogen (secondary N) is 1. The summed E-state index contributed by atoms with van der Waals surface area (Å²) in [5, 5.41) is 2.25. The third-order valence-electron chi connectivity index (χ3n) is 4.60. The summed E-state index contributed by atoms with van der Waals surface area (Å²) in [5.74, 6) is -1.85. The van der Waals surface area contributed by atoms with Crippen LogP contribution in [-0.2, 0) is 14.8 Å². The van der Waals surface area contributed by atoms with E-state index in [1.54, 1.807) is 4.90 Å². The zero-order chi connectivity index (χ0) is 23.5. The molecule has 1 aliphatic rings. The van der Waals surface area contributed by atoms with Crippen LogP contribution < -0.4 is 10.1 Å². The molecular weight excluding hydrogens is 478 g/mol. The molecule has 1 fully saturated rings. The molecule has 2 aromatic rings. The van der Waals surface area contributed by atoms with E-state index in [1.165, 1.54) is 24.3 Å². The van der Waals surface area contributed by atoms with Crippen molar-refractivity contribution in [2.75, 3.05) is 38.0 Å². The molecule has 1 heterocycles. The van der Waals surface area contributed by atoms with Crippen molar-refractivity contribution in [1.29, 1.82) is 0 Å². The Kier molecular flexibility index (Phi) is 7.28. The second-order valence-electron chi connectivity index (χ2n) is 6.85. The minimum Gasteiger partial charge on any atom is -0.406 e. The van der Waals surface area contributed by atoms with Crippen LogP contribution in [0.3, 0.4) is 0 Å². The lowest BCUT2D eigenvalue weighted by Crippen LogP contribution is -2.50. The van der Waals surface area contributed by atoms with Crippen LogP contribution in [0.25, 0.3) is 0 Å². The minimum absolute atomic E-state index is 0.0467. The normalized spacial score (nSPS) is 16.0. The number of rotatable bonds is 6. The summed E-state index contributed by atoms with van der Waals surface area (Å²) in [4.78, 5) is 13.4. The van der Waals surface area contributed by atoms with Crippen LogP contribution in [0.1, 0.15) is 0 Å². The molecule has 1 saturated heterocycles. The Morgan fingerprint density at radius 3 is 2.28 bits per heavy atom. The van der Waals surface area contributed by atoms with Gasteiger partial charge in [0.25, 0.3) is 0 Å². The average Bonchev–Trinajstić information content (AvgIpc) is 2.70. The molecule has 1 aliphatic heterocycles. The summed E-state index contributed by atoms with van der Waals surface area (Å²) in [6, 6.07) is 8.42. The number of benzene rings is 2. The maximum Gasteiger partial charge on any atom is 0.573 e. The molecule has 0 aliphatic carbocycles. The summed E-state index contributed by atoms with van der Waals surface area (Å²) in [7, 11) is -4.08. The number of anilines is 1. The Bertz CT molecular complexity index is 1070. The monoisotopic (exact) mass is 495 g/mol. The minimum atomic E-state index is -4.81. The molecule has 32 heavy (non-hydrogen) atoms. The van der Waals surface area contributed by atoms with Crippen LogP contribution in [0.4, 0.5) is 23.2 Å². The van der Waals surface area contributed by atoms with Gasteiger partial charge in [-0.05, 0) is 36.4 Å². The van der Waals surface area contributed by atoms with Crippen molar-refractivity contribution < 1.29 is 35.5 Å². The van der Waals surface area contributed by atoms with E-state index in [-0.39, 0.29) is 43.4 Å². The van der Waals surface area contributed by atoms with E-state index in [4.69, 9.17) is 11.6 Å². The van der Waals surface area contributed by atoms with E-state index in [0.29, 0.717) is 0 Å². The standard InChI is InChI=1S/C19H18ClF4N3O4S/c20-15-2-1-3-16(18(15)21)32(29,30)27-10-8-26(9-11-27)12-17(28)25-13-4-6-14(7-5-13)31-19(22,23)24/h1-7H,8-12H2,(H,25,28). The van der Waals surface area contributed by atoms with Gasteiger partial charge in [0.15, 0.2) is 5.82 Å². The van der Waals surface area contributed by atoms with Gasteiger partial charge in [0.05, 0.1) is 11.6 Å². The molecule has 1 N–H and O–H groups in total. The molecule has 0 atom stereocenters. The predicted octanol–water partition coefficient (Wildman–Crippen LogP) is 3.32. The number of ether oxygens (including phenoxy) is 1. The Balaban J connectivity index is 1.52. The van der Waals surface area contributed by atoms with Crippen LogP contribution in [0, 0.1) is 5.82 Å². The van der Waals surface area contributed by atoms with Crippen LogP contribution in [0.15, 0.2) is 47.4 Å². The van der Waals surface area contributed by atoms with E-state index in [0.717, 1.165) is 22.5 Å². The number of halogens is 5. The van der Waals surface area contributed by atoms with Gasteiger partial charge in [-0.1, -0.05) is 17.7 Å². The summed E-state index contributed by atoms with van der Waals surface area (Å²) in [6.07, 6.45) is -4.81. The number of hydrogen-bond donors (Lipinski definition) is 1. The lowest BCUT2D eigenvalue weighted by molar-refractivity contribution is -0.274. The molecular formula is C19H18ClF4N3O4S. The quantitative estimate of drug-likeness (QED) is 0.622. The Labute approximate surface area is 186 Å². The summed E-state index contributed by atoms with van der Waals surface area (Å²) < 4.78 is 81.0. The summed E-state index contributed by atoms with van der Waals surface area (Å²) in [6.45, 7) is 0.497. The highest BCUT2D eigenvalue weighted by molar-refractivity contribution is 7.89. The lowest BCUT2D eigenvalue weighted by Gasteiger charge is -2.33. The number of hydrogen-bond acceptors (Lipinski definition) is 5. The van der Waals surface area contributed by atoms with Gasteiger partial charge in [-0.25, -0.2) is 12.8 Å². The molecule has 3 rings (SSSR count). The second kappa shape index (κ2) is 9.61. The van der Waals surface area contributed by atoms with Gasteiger partial charge in [0.2, 0.25) is 15.9 Å². The second-order valence-corrected chi connectivity index (χ2v) is 9.17.